The topological polar surface area (TPSA) is 54.7 Å². The fraction of sp³-hybridized carbons (Fsp3) is 0.308. The Hall–Kier alpha value is -1.61. The molecule has 0 fully saturated rings. The summed E-state index contributed by atoms with van der Waals surface area (Å²) in [5.41, 5.74) is 9.63. The third kappa shape index (κ3) is 1.99. The Balaban J connectivity index is 2.44. The van der Waals surface area contributed by atoms with Gasteiger partial charge in [0.15, 0.2) is 0 Å². The molecule has 0 aliphatic rings. The summed E-state index contributed by atoms with van der Waals surface area (Å²) in [6.45, 7) is 4.77. The van der Waals surface area contributed by atoms with Crippen LogP contribution in [0.15, 0.2) is 30.6 Å². The van der Waals surface area contributed by atoms with Crippen molar-refractivity contribution in [3.05, 3.63) is 53.1 Å². The van der Waals surface area contributed by atoms with E-state index in [9.17, 15) is 0 Å². The Bertz CT molecular complexity index is 460. The smallest absolute Gasteiger partial charge is 0.114 e. The second kappa shape index (κ2) is 4.49. The van der Waals surface area contributed by atoms with Gasteiger partial charge in [-0.25, -0.2) is 4.98 Å². The van der Waals surface area contributed by atoms with Crippen LogP contribution >= 0.6 is 0 Å². The molecule has 1 aromatic heterocycles. The SMILES string of the molecule is Cc1ccc(C)c(C(CN)c2ncc[nH]2)c1. The minimum atomic E-state index is 0.162. The summed E-state index contributed by atoms with van der Waals surface area (Å²) >= 11 is 0. The van der Waals surface area contributed by atoms with Gasteiger partial charge in [-0.15, -0.1) is 0 Å². The summed E-state index contributed by atoms with van der Waals surface area (Å²) < 4.78 is 0. The molecule has 1 heterocycles. The largest absolute Gasteiger partial charge is 0.348 e. The number of nitrogens with two attached hydrogens (primary N) is 1. The molecule has 1 unspecified atom stereocenters. The Morgan fingerprint density at radius 3 is 2.81 bits per heavy atom. The van der Waals surface area contributed by atoms with Gasteiger partial charge in [0.1, 0.15) is 5.82 Å². The van der Waals surface area contributed by atoms with Crippen LogP contribution in [-0.4, -0.2) is 16.5 Å². The highest BCUT2D eigenvalue weighted by molar-refractivity contribution is 5.36. The first kappa shape index (κ1) is 10.9. The molecule has 3 nitrogen and oxygen atoms in total. The molecule has 1 atom stereocenters. The van der Waals surface area contributed by atoms with Gasteiger partial charge in [-0.05, 0) is 25.0 Å². The van der Waals surface area contributed by atoms with Gasteiger partial charge >= 0.3 is 0 Å². The minimum absolute atomic E-state index is 0.162. The Morgan fingerprint density at radius 1 is 1.38 bits per heavy atom. The van der Waals surface area contributed by atoms with E-state index in [4.69, 9.17) is 5.73 Å². The number of H-pyrrole nitrogens is 1. The van der Waals surface area contributed by atoms with Gasteiger partial charge in [0.2, 0.25) is 0 Å². The van der Waals surface area contributed by atoms with Gasteiger partial charge < -0.3 is 10.7 Å². The second-order valence-corrected chi connectivity index (χ2v) is 4.12. The minimum Gasteiger partial charge on any atom is -0.348 e. The molecule has 3 N–H and O–H groups in total. The van der Waals surface area contributed by atoms with E-state index >= 15 is 0 Å². The molecular weight excluding hydrogens is 198 g/mol. The second-order valence-electron chi connectivity index (χ2n) is 4.12. The van der Waals surface area contributed by atoms with E-state index in [2.05, 4.69) is 42.0 Å². The highest BCUT2D eigenvalue weighted by Gasteiger charge is 2.16. The van der Waals surface area contributed by atoms with Crippen LogP contribution in [0.2, 0.25) is 0 Å². The van der Waals surface area contributed by atoms with Crippen molar-refractivity contribution >= 4 is 0 Å². The lowest BCUT2D eigenvalue weighted by Crippen LogP contribution is -2.16. The van der Waals surface area contributed by atoms with Crippen LogP contribution in [0.25, 0.3) is 0 Å². The van der Waals surface area contributed by atoms with E-state index in [1.54, 1.807) is 6.20 Å². The summed E-state index contributed by atoms with van der Waals surface area (Å²) in [5, 5.41) is 0. The molecular formula is C13H17N3. The van der Waals surface area contributed by atoms with Crippen molar-refractivity contribution in [1.82, 2.24) is 9.97 Å². The van der Waals surface area contributed by atoms with Crippen LogP contribution in [0.1, 0.15) is 28.4 Å². The predicted octanol–water partition coefficient (Wildman–Crippen LogP) is 2.12. The van der Waals surface area contributed by atoms with E-state index < -0.39 is 0 Å². The maximum atomic E-state index is 5.85. The molecule has 16 heavy (non-hydrogen) atoms. The molecule has 0 amide bonds. The number of aromatic amines is 1. The zero-order valence-electron chi connectivity index (χ0n) is 9.70. The lowest BCUT2D eigenvalue weighted by Gasteiger charge is -2.16. The summed E-state index contributed by atoms with van der Waals surface area (Å²) in [4.78, 5) is 7.44. The molecule has 0 spiro atoms. The zero-order chi connectivity index (χ0) is 11.5. The van der Waals surface area contributed by atoms with Crippen LogP contribution in [0.3, 0.4) is 0 Å². The van der Waals surface area contributed by atoms with Crippen molar-refractivity contribution in [1.29, 1.82) is 0 Å². The lowest BCUT2D eigenvalue weighted by molar-refractivity contribution is 0.759. The van der Waals surface area contributed by atoms with E-state index in [1.807, 2.05) is 6.20 Å². The van der Waals surface area contributed by atoms with Crippen LogP contribution < -0.4 is 5.73 Å². The normalized spacial score (nSPS) is 12.7. The van der Waals surface area contributed by atoms with Crippen molar-refractivity contribution in [3.8, 4) is 0 Å². The van der Waals surface area contributed by atoms with E-state index in [0.29, 0.717) is 6.54 Å². The third-order valence-corrected chi connectivity index (χ3v) is 2.90. The molecule has 2 rings (SSSR count). The zero-order valence-corrected chi connectivity index (χ0v) is 9.70. The van der Waals surface area contributed by atoms with Crippen molar-refractivity contribution in [2.45, 2.75) is 19.8 Å². The van der Waals surface area contributed by atoms with Gasteiger partial charge in [-0.1, -0.05) is 23.8 Å². The first-order valence-corrected chi connectivity index (χ1v) is 5.49. The van der Waals surface area contributed by atoms with Crippen molar-refractivity contribution in [2.75, 3.05) is 6.54 Å². The number of aryl methyl sites for hydroxylation is 2. The highest BCUT2D eigenvalue weighted by Crippen LogP contribution is 2.24. The first-order valence-electron chi connectivity index (χ1n) is 5.49. The maximum absolute atomic E-state index is 5.85. The fourth-order valence-electron chi connectivity index (χ4n) is 1.99. The quantitative estimate of drug-likeness (QED) is 0.824. The monoisotopic (exact) mass is 215 g/mol. The average Bonchev–Trinajstić information content (AvgIpc) is 2.78. The molecule has 0 radical (unpaired) electrons. The number of nitrogens with zero attached hydrogens (tertiary/aromatic N) is 1. The maximum Gasteiger partial charge on any atom is 0.114 e. The molecule has 2 aromatic rings. The number of aromatic nitrogens is 2. The fourth-order valence-corrected chi connectivity index (χ4v) is 1.99. The van der Waals surface area contributed by atoms with Gasteiger partial charge in [0.05, 0.1) is 5.92 Å². The van der Waals surface area contributed by atoms with E-state index in [1.165, 1.54) is 16.7 Å². The molecule has 0 aliphatic heterocycles. The predicted molar refractivity (Wildman–Crippen MR) is 65.4 cm³/mol. The molecule has 84 valence electrons. The van der Waals surface area contributed by atoms with Gasteiger partial charge in [-0.2, -0.15) is 0 Å². The average molecular weight is 215 g/mol. The van der Waals surface area contributed by atoms with Crippen LogP contribution in [0.4, 0.5) is 0 Å². The highest BCUT2D eigenvalue weighted by atomic mass is 14.9. The molecule has 1 aromatic carbocycles. The molecule has 0 saturated heterocycles. The Kier molecular flexibility index (Phi) is 3.06. The Morgan fingerprint density at radius 2 is 2.19 bits per heavy atom. The standard InChI is InChI=1S/C13H17N3/c1-9-3-4-10(2)11(7-9)12(8-14)13-15-5-6-16-13/h3-7,12H,8,14H2,1-2H3,(H,15,16). The molecule has 0 aliphatic carbocycles. The number of hydrogen-bond donors (Lipinski definition) is 2. The van der Waals surface area contributed by atoms with Crippen molar-refractivity contribution in [3.63, 3.8) is 0 Å². The summed E-state index contributed by atoms with van der Waals surface area (Å²) in [6.07, 6.45) is 3.60. The van der Waals surface area contributed by atoms with Crippen LogP contribution in [-0.2, 0) is 0 Å². The van der Waals surface area contributed by atoms with E-state index in [0.717, 1.165) is 5.82 Å². The van der Waals surface area contributed by atoms with E-state index in [-0.39, 0.29) is 5.92 Å². The van der Waals surface area contributed by atoms with Gasteiger partial charge in [-0.3, -0.25) is 0 Å². The molecule has 0 saturated carbocycles. The lowest BCUT2D eigenvalue weighted by atomic mass is 9.93. The van der Waals surface area contributed by atoms with Crippen molar-refractivity contribution in [2.24, 2.45) is 5.73 Å². The Labute approximate surface area is 95.7 Å². The number of rotatable bonds is 3. The van der Waals surface area contributed by atoms with Gasteiger partial charge in [0, 0.05) is 18.9 Å². The van der Waals surface area contributed by atoms with Crippen molar-refractivity contribution < 1.29 is 0 Å². The van der Waals surface area contributed by atoms with Crippen LogP contribution in [0, 0.1) is 13.8 Å². The number of benzene rings is 1. The number of nitrogens with one attached hydrogen (secondary N) is 1. The number of hydrogen-bond acceptors (Lipinski definition) is 2. The molecule has 3 heteroatoms. The van der Waals surface area contributed by atoms with Crippen LogP contribution in [0.5, 0.6) is 0 Å². The molecule has 0 bridgehead atoms. The third-order valence-electron chi connectivity index (χ3n) is 2.90. The first-order chi connectivity index (χ1) is 7.72. The van der Waals surface area contributed by atoms with Gasteiger partial charge in [0.25, 0.3) is 0 Å². The number of imidazole rings is 1. The summed E-state index contributed by atoms with van der Waals surface area (Å²) in [7, 11) is 0. The summed E-state index contributed by atoms with van der Waals surface area (Å²) in [6, 6.07) is 6.44. The summed E-state index contributed by atoms with van der Waals surface area (Å²) in [5.74, 6) is 1.10.